The van der Waals surface area contributed by atoms with Gasteiger partial charge >= 0.3 is 0 Å². The number of amides is 1. The van der Waals surface area contributed by atoms with E-state index in [1.54, 1.807) is 12.3 Å². The highest BCUT2D eigenvalue weighted by Crippen LogP contribution is 2.24. The molecule has 0 aliphatic carbocycles. The average molecular weight is 256 g/mol. The number of H-pyrrole nitrogens is 1. The molecule has 1 amide bonds. The number of carbonyl (C=O) groups is 1. The van der Waals surface area contributed by atoms with Crippen molar-refractivity contribution in [3.63, 3.8) is 0 Å². The van der Waals surface area contributed by atoms with Gasteiger partial charge in [0.1, 0.15) is 5.69 Å². The van der Waals surface area contributed by atoms with Crippen molar-refractivity contribution >= 4 is 17.5 Å². The van der Waals surface area contributed by atoms with E-state index in [1.807, 2.05) is 4.90 Å². The van der Waals surface area contributed by atoms with Crippen LogP contribution in [0.5, 0.6) is 0 Å². The summed E-state index contributed by atoms with van der Waals surface area (Å²) >= 11 is 5.82. The summed E-state index contributed by atoms with van der Waals surface area (Å²) < 4.78 is 0. The Morgan fingerprint density at radius 1 is 1.71 bits per heavy atom. The van der Waals surface area contributed by atoms with Crippen molar-refractivity contribution in [2.45, 2.75) is 25.8 Å². The minimum absolute atomic E-state index is 0.00102. The first-order valence-corrected chi connectivity index (χ1v) is 6.36. The Morgan fingerprint density at radius 2 is 2.47 bits per heavy atom. The molecule has 5 heteroatoms. The highest BCUT2D eigenvalue weighted by molar-refractivity contribution is 6.30. The lowest BCUT2D eigenvalue weighted by Gasteiger charge is -2.39. The number of hydrogen-bond donors (Lipinski definition) is 2. The molecule has 1 saturated heterocycles. The maximum Gasteiger partial charge on any atom is 0.270 e. The van der Waals surface area contributed by atoms with Crippen LogP contribution in [0, 0.1) is 5.92 Å². The first-order valence-electron chi connectivity index (χ1n) is 5.98. The number of halogens is 1. The molecule has 0 saturated carbocycles. The van der Waals surface area contributed by atoms with Crippen LogP contribution in [-0.2, 0) is 0 Å². The van der Waals surface area contributed by atoms with E-state index in [4.69, 9.17) is 17.3 Å². The first-order chi connectivity index (χ1) is 8.13. The fourth-order valence-corrected chi connectivity index (χ4v) is 2.67. The number of nitrogens with two attached hydrogens (primary N) is 1. The van der Waals surface area contributed by atoms with Crippen LogP contribution < -0.4 is 5.73 Å². The van der Waals surface area contributed by atoms with Crippen molar-refractivity contribution in [2.24, 2.45) is 11.7 Å². The zero-order valence-electron chi connectivity index (χ0n) is 9.95. The van der Waals surface area contributed by atoms with Crippen LogP contribution in [0.15, 0.2) is 12.3 Å². The molecule has 1 aliphatic rings. The summed E-state index contributed by atoms with van der Waals surface area (Å²) in [7, 11) is 0. The van der Waals surface area contributed by atoms with Crippen molar-refractivity contribution < 1.29 is 4.79 Å². The predicted molar refractivity (Wildman–Crippen MR) is 68.1 cm³/mol. The quantitative estimate of drug-likeness (QED) is 0.848. The highest BCUT2D eigenvalue weighted by atomic mass is 35.5. The molecular formula is C12H18ClN3O. The number of likely N-dealkylation sites (tertiary alicyclic amines) is 1. The minimum atomic E-state index is -0.00102. The van der Waals surface area contributed by atoms with Crippen LogP contribution in [0.4, 0.5) is 0 Å². The van der Waals surface area contributed by atoms with Gasteiger partial charge in [-0.05, 0) is 24.8 Å². The molecule has 2 rings (SSSR count). The number of aromatic nitrogens is 1. The molecular weight excluding hydrogens is 238 g/mol. The molecule has 94 valence electrons. The third kappa shape index (κ3) is 2.48. The van der Waals surface area contributed by atoms with Crippen LogP contribution >= 0.6 is 11.6 Å². The van der Waals surface area contributed by atoms with Crippen LogP contribution in [0.1, 0.15) is 30.3 Å². The van der Waals surface area contributed by atoms with Crippen molar-refractivity contribution in [3.8, 4) is 0 Å². The van der Waals surface area contributed by atoms with E-state index in [-0.39, 0.29) is 11.9 Å². The fourth-order valence-electron chi connectivity index (χ4n) is 2.51. The summed E-state index contributed by atoms with van der Waals surface area (Å²) in [6.07, 6.45) is 3.80. The molecule has 17 heavy (non-hydrogen) atoms. The zero-order chi connectivity index (χ0) is 12.4. The molecule has 2 atom stereocenters. The molecule has 0 spiro atoms. The maximum atomic E-state index is 12.3. The SMILES string of the molecule is CC1CCCN(C(=O)c2cc(Cl)c[nH]2)C1CN. The van der Waals surface area contributed by atoms with E-state index >= 15 is 0 Å². The third-order valence-corrected chi connectivity index (χ3v) is 3.71. The van der Waals surface area contributed by atoms with Gasteiger partial charge in [0.25, 0.3) is 5.91 Å². The van der Waals surface area contributed by atoms with Gasteiger partial charge in [-0.3, -0.25) is 4.79 Å². The molecule has 0 aromatic carbocycles. The summed E-state index contributed by atoms with van der Waals surface area (Å²) in [5, 5.41) is 0.558. The van der Waals surface area contributed by atoms with E-state index in [2.05, 4.69) is 11.9 Å². The molecule has 3 N–H and O–H groups in total. The molecule has 1 aliphatic heterocycles. The van der Waals surface area contributed by atoms with Gasteiger partial charge in [0.05, 0.1) is 5.02 Å². The highest BCUT2D eigenvalue weighted by Gasteiger charge is 2.31. The molecule has 1 aromatic rings. The molecule has 1 aromatic heterocycles. The Hall–Kier alpha value is -1.00. The van der Waals surface area contributed by atoms with Crippen LogP contribution in [0.2, 0.25) is 5.02 Å². The number of rotatable bonds is 2. The van der Waals surface area contributed by atoms with Gasteiger partial charge in [-0.25, -0.2) is 0 Å². The summed E-state index contributed by atoms with van der Waals surface area (Å²) in [4.78, 5) is 17.1. The van der Waals surface area contributed by atoms with E-state index in [0.717, 1.165) is 19.4 Å². The van der Waals surface area contributed by atoms with Gasteiger partial charge in [-0.15, -0.1) is 0 Å². The standard InChI is InChI=1S/C12H18ClN3O/c1-8-3-2-4-16(11(8)6-14)12(17)10-5-9(13)7-15-10/h5,7-8,11,15H,2-4,6,14H2,1H3. The van der Waals surface area contributed by atoms with Gasteiger partial charge in [0.15, 0.2) is 0 Å². The number of carbonyl (C=O) groups excluding carboxylic acids is 1. The first kappa shape index (κ1) is 12.5. The lowest BCUT2D eigenvalue weighted by molar-refractivity contribution is 0.0527. The van der Waals surface area contributed by atoms with Gasteiger partial charge < -0.3 is 15.6 Å². The second-order valence-electron chi connectivity index (χ2n) is 4.65. The monoisotopic (exact) mass is 255 g/mol. The Bertz CT molecular complexity index is 404. The van der Waals surface area contributed by atoms with E-state index < -0.39 is 0 Å². The molecule has 4 nitrogen and oxygen atoms in total. The molecule has 2 unspecified atom stereocenters. The van der Waals surface area contributed by atoms with Crippen LogP contribution in [-0.4, -0.2) is 34.9 Å². The summed E-state index contributed by atoms with van der Waals surface area (Å²) in [5.41, 5.74) is 6.32. The topological polar surface area (TPSA) is 62.1 Å². The van der Waals surface area contributed by atoms with Crippen molar-refractivity contribution in [1.29, 1.82) is 0 Å². The Kier molecular flexibility index (Phi) is 3.74. The van der Waals surface area contributed by atoms with E-state index in [9.17, 15) is 4.79 Å². The number of piperidine rings is 1. The Balaban J connectivity index is 2.17. The summed E-state index contributed by atoms with van der Waals surface area (Å²) in [5.74, 6) is 0.460. The second kappa shape index (κ2) is 5.10. The second-order valence-corrected chi connectivity index (χ2v) is 5.09. The van der Waals surface area contributed by atoms with Crippen LogP contribution in [0.25, 0.3) is 0 Å². The zero-order valence-corrected chi connectivity index (χ0v) is 10.7. The molecule has 0 bridgehead atoms. The van der Waals surface area contributed by atoms with Gasteiger partial charge in [0.2, 0.25) is 0 Å². The van der Waals surface area contributed by atoms with Gasteiger partial charge in [-0.1, -0.05) is 18.5 Å². The van der Waals surface area contributed by atoms with Crippen molar-refractivity contribution in [2.75, 3.05) is 13.1 Å². The van der Waals surface area contributed by atoms with E-state index in [0.29, 0.717) is 23.2 Å². The smallest absolute Gasteiger partial charge is 0.270 e. The number of aromatic amines is 1. The maximum absolute atomic E-state index is 12.3. The molecule has 0 radical (unpaired) electrons. The fraction of sp³-hybridized carbons (Fsp3) is 0.583. The normalized spacial score (nSPS) is 25.0. The summed E-state index contributed by atoms with van der Waals surface area (Å²) in [6, 6.07) is 1.80. The Morgan fingerprint density at radius 3 is 3.06 bits per heavy atom. The molecule has 1 fully saturated rings. The predicted octanol–water partition coefficient (Wildman–Crippen LogP) is 1.87. The van der Waals surface area contributed by atoms with Gasteiger partial charge in [0, 0.05) is 25.3 Å². The Labute approximate surface area is 106 Å². The van der Waals surface area contributed by atoms with Crippen molar-refractivity contribution in [1.82, 2.24) is 9.88 Å². The van der Waals surface area contributed by atoms with Gasteiger partial charge in [-0.2, -0.15) is 0 Å². The van der Waals surface area contributed by atoms with Crippen LogP contribution in [0.3, 0.4) is 0 Å². The van der Waals surface area contributed by atoms with E-state index in [1.165, 1.54) is 0 Å². The number of hydrogen-bond acceptors (Lipinski definition) is 2. The number of nitrogens with zero attached hydrogens (tertiary/aromatic N) is 1. The minimum Gasteiger partial charge on any atom is -0.356 e. The lowest BCUT2D eigenvalue weighted by Crippen LogP contribution is -2.51. The largest absolute Gasteiger partial charge is 0.356 e. The summed E-state index contributed by atoms with van der Waals surface area (Å²) in [6.45, 7) is 3.45. The lowest BCUT2D eigenvalue weighted by atomic mass is 9.90. The average Bonchev–Trinajstić information content (AvgIpc) is 2.74. The number of nitrogens with one attached hydrogen (secondary N) is 1. The molecule has 2 heterocycles. The van der Waals surface area contributed by atoms with Crippen molar-refractivity contribution in [3.05, 3.63) is 23.0 Å². The third-order valence-electron chi connectivity index (χ3n) is 3.50.